The Hall–Kier alpha value is -3.09. The fourth-order valence-corrected chi connectivity index (χ4v) is 4.86. The Balaban J connectivity index is 1.63. The molecule has 2 aliphatic rings. The van der Waals surface area contributed by atoms with E-state index in [0.29, 0.717) is 11.0 Å². The van der Waals surface area contributed by atoms with Crippen LogP contribution >= 0.6 is 27.5 Å². The molecule has 3 aromatic carbocycles. The smallest absolute Gasteiger partial charge is 0.226 e. The van der Waals surface area contributed by atoms with E-state index >= 15 is 0 Å². The number of hydrogen-bond donors (Lipinski definition) is 1. The molecule has 1 N–H and O–H groups in total. The first-order chi connectivity index (χ1) is 15.6. The topological polar surface area (TPSA) is 52.0 Å². The normalized spacial score (nSPS) is 18.8. The largest absolute Gasteiger partial charge is 0.480 e. The van der Waals surface area contributed by atoms with Gasteiger partial charge in [-0.3, -0.25) is 0 Å². The number of aryl methyl sites for hydroxylation is 1. The minimum Gasteiger partial charge on any atom is -0.480 e. The Morgan fingerprint density at radius 1 is 1.00 bits per heavy atom. The second-order valence-electron chi connectivity index (χ2n) is 7.99. The van der Waals surface area contributed by atoms with Crippen molar-refractivity contribution in [3.63, 3.8) is 0 Å². The van der Waals surface area contributed by atoms with Crippen LogP contribution in [0.5, 0.6) is 5.75 Å². The van der Waals surface area contributed by atoms with Gasteiger partial charge in [0.25, 0.3) is 0 Å². The van der Waals surface area contributed by atoms with Crippen molar-refractivity contribution >= 4 is 39.2 Å². The molecule has 2 atom stereocenters. The summed E-state index contributed by atoms with van der Waals surface area (Å²) in [7, 11) is 0. The number of benzene rings is 3. The highest BCUT2D eigenvalue weighted by molar-refractivity contribution is 9.10. The van der Waals surface area contributed by atoms with E-state index in [9.17, 15) is 0 Å². The van der Waals surface area contributed by atoms with E-state index in [1.54, 1.807) is 6.33 Å². The summed E-state index contributed by atoms with van der Waals surface area (Å²) < 4.78 is 9.56. The summed E-state index contributed by atoms with van der Waals surface area (Å²) in [5.74, 6) is 1.47. The van der Waals surface area contributed by atoms with Crippen molar-refractivity contribution in [3.05, 3.63) is 110 Å². The van der Waals surface area contributed by atoms with Crippen LogP contribution in [0.15, 0.2) is 83.1 Å². The molecule has 158 valence electrons. The van der Waals surface area contributed by atoms with Gasteiger partial charge < -0.3 is 10.1 Å². The molecule has 0 unspecified atom stereocenters. The van der Waals surface area contributed by atoms with Crippen LogP contribution in [0.25, 0.3) is 5.70 Å². The third kappa shape index (κ3) is 3.14. The van der Waals surface area contributed by atoms with Crippen LogP contribution in [0.2, 0.25) is 5.02 Å². The average molecular weight is 506 g/mol. The van der Waals surface area contributed by atoms with E-state index < -0.39 is 0 Å². The average Bonchev–Trinajstić information content (AvgIpc) is 3.27. The predicted molar refractivity (Wildman–Crippen MR) is 129 cm³/mol. The lowest BCUT2D eigenvalue weighted by Crippen LogP contribution is -2.32. The molecule has 0 bridgehead atoms. The Morgan fingerprint density at radius 3 is 2.53 bits per heavy atom. The maximum atomic E-state index is 6.62. The van der Waals surface area contributed by atoms with Gasteiger partial charge in [-0.25, -0.2) is 4.68 Å². The zero-order valence-corrected chi connectivity index (χ0v) is 19.4. The summed E-state index contributed by atoms with van der Waals surface area (Å²) in [5.41, 5.74) is 6.34. The fourth-order valence-electron chi connectivity index (χ4n) is 4.42. The molecule has 1 aromatic heterocycles. The SMILES string of the molecule is Cc1ccc([C@@H]2C3=C(Nc4ncnn42)c2cc(Cl)ccc2O[C@@H]3c2ccc(Br)cc2)cc1. The zero-order valence-electron chi connectivity index (χ0n) is 17.1. The summed E-state index contributed by atoms with van der Waals surface area (Å²) in [5, 5.41) is 8.72. The molecule has 0 saturated carbocycles. The van der Waals surface area contributed by atoms with Gasteiger partial charge in [0, 0.05) is 20.6 Å². The Labute approximate surface area is 198 Å². The summed E-state index contributed by atoms with van der Waals surface area (Å²) in [6, 6.07) is 22.3. The van der Waals surface area contributed by atoms with Crippen LogP contribution < -0.4 is 10.1 Å². The third-order valence-electron chi connectivity index (χ3n) is 5.94. The molecule has 4 aromatic rings. The Morgan fingerprint density at radius 2 is 1.75 bits per heavy atom. The van der Waals surface area contributed by atoms with Gasteiger partial charge in [0.1, 0.15) is 24.2 Å². The lowest BCUT2D eigenvalue weighted by atomic mass is 9.84. The maximum absolute atomic E-state index is 6.62. The highest BCUT2D eigenvalue weighted by atomic mass is 79.9. The lowest BCUT2D eigenvalue weighted by Gasteiger charge is -2.39. The Bertz CT molecular complexity index is 1360. The monoisotopic (exact) mass is 504 g/mol. The quantitative estimate of drug-likeness (QED) is 0.335. The van der Waals surface area contributed by atoms with Gasteiger partial charge in [-0.05, 0) is 48.4 Å². The lowest BCUT2D eigenvalue weighted by molar-refractivity contribution is 0.223. The minimum atomic E-state index is -0.303. The molecular weight excluding hydrogens is 488 g/mol. The first-order valence-corrected chi connectivity index (χ1v) is 11.4. The first kappa shape index (κ1) is 19.6. The molecule has 5 nitrogen and oxygen atoms in total. The molecule has 0 radical (unpaired) electrons. The molecular formula is C25H18BrClN4O. The van der Waals surface area contributed by atoms with Crippen molar-refractivity contribution in [2.24, 2.45) is 0 Å². The number of fused-ring (bicyclic) bond motifs is 3. The van der Waals surface area contributed by atoms with E-state index in [2.05, 4.69) is 74.7 Å². The molecule has 7 heteroatoms. The van der Waals surface area contributed by atoms with E-state index in [0.717, 1.165) is 38.2 Å². The number of ether oxygens (including phenoxy) is 1. The van der Waals surface area contributed by atoms with Crippen molar-refractivity contribution in [2.45, 2.75) is 19.1 Å². The highest BCUT2D eigenvalue weighted by Gasteiger charge is 2.40. The van der Waals surface area contributed by atoms with Crippen LogP contribution in [0, 0.1) is 6.92 Å². The van der Waals surface area contributed by atoms with Gasteiger partial charge in [0.15, 0.2) is 0 Å². The summed E-state index contributed by atoms with van der Waals surface area (Å²) in [6.45, 7) is 2.09. The van der Waals surface area contributed by atoms with Crippen LogP contribution in [-0.4, -0.2) is 14.8 Å². The van der Waals surface area contributed by atoms with Gasteiger partial charge >= 0.3 is 0 Å². The Kier molecular flexibility index (Phi) is 4.59. The molecule has 0 fully saturated rings. The molecule has 0 spiro atoms. The van der Waals surface area contributed by atoms with Crippen molar-refractivity contribution in [2.75, 3.05) is 5.32 Å². The maximum Gasteiger partial charge on any atom is 0.226 e. The van der Waals surface area contributed by atoms with Crippen molar-refractivity contribution in [1.82, 2.24) is 14.8 Å². The van der Waals surface area contributed by atoms with Crippen molar-refractivity contribution < 1.29 is 4.74 Å². The summed E-state index contributed by atoms with van der Waals surface area (Å²) in [6.07, 6.45) is 1.28. The molecule has 2 aliphatic heterocycles. The van der Waals surface area contributed by atoms with E-state index in [1.165, 1.54) is 5.56 Å². The van der Waals surface area contributed by atoms with E-state index in [-0.39, 0.29) is 12.1 Å². The van der Waals surface area contributed by atoms with E-state index in [1.807, 2.05) is 35.0 Å². The predicted octanol–water partition coefficient (Wildman–Crippen LogP) is 6.56. The van der Waals surface area contributed by atoms with Gasteiger partial charge in [-0.15, -0.1) is 0 Å². The van der Waals surface area contributed by atoms with Crippen LogP contribution in [0.1, 0.15) is 34.4 Å². The molecule has 0 saturated heterocycles. The number of hydrogen-bond acceptors (Lipinski definition) is 4. The second kappa shape index (κ2) is 7.50. The number of rotatable bonds is 2. The van der Waals surface area contributed by atoms with Gasteiger partial charge in [-0.2, -0.15) is 10.1 Å². The van der Waals surface area contributed by atoms with Crippen LogP contribution in [0.3, 0.4) is 0 Å². The standard InChI is InChI=1S/C25H18BrClN4O/c1-14-2-4-15(5-3-14)23-21-22(30-25-28-13-29-31(23)25)19-12-18(27)10-11-20(19)32-24(21)16-6-8-17(26)9-7-16/h2-13,23-24H,1H3,(H,28,29,30)/t23-,24-/m1/s1. The highest BCUT2D eigenvalue weighted by Crippen LogP contribution is 2.51. The van der Waals surface area contributed by atoms with E-state index in [4.69, 9.17) is 16.3 Å². The van der Waals surface area contributed by atoms with Crippen molar-refractivity contribution in [3.8, 4) is 5.75 Å². The molecule has 0 amide bonds. The van der Waals surface area contributed by atoms with Gasteiger partial charge in [0.2, 0.25) is 5.95 Å². The third-order valence-corrected chi connectivity index (χ3v) is 6.71. The molecule has 0 aliphatic carbocycles. The van der Waals surface area contributed by atoms with Crippen LogP contribution in [0.4, 0.5) is 5.95 Å². The minimum absolute atomic E-state index is 0.176. The summed E-state index contributed by atoms with van der Waals surface area (Å²) in [4.78, 5) is 4.47. The van der Waals surface area contributed by atoms with Gasteiger partial charge in [0.05, 0.1) is 5.70 Å². The first-order valence-electron chi connectivity index (χ1n) is 10.3. The number of nitrogens with one attached hydrogen (secondary N) is 1. The molecule has 6 rings (SSSR count). The number of halogens is 2. The fraction of sp³-hybridized carbons (Fsp3) is 0.120. The second-order valence-corrected chi connectivity index (χ2v) is 9.34. The summed E-state index contributed by atoms with van der Waals surface area (Å²) >= 11 is 9.93. The number of anilines is 1. The van der Waals surface area contributed by atoms with Crippen molar-refractivity contribution in [1.29, 1.82) is 0 Å². The number of aromatic nitrogens is 3. The van der Waals surface area contributed by atoms with Gasteiger partial charge in [-0.1, -0.05) is 69.5 Å². The number of nitrogens with zero attached hydrogens (tertiary/aromatic N) is 3. The van der Waals surface area contributed by atoms with Crippen LogP contribution in [-0.2, 0) is 0 Å². The molecule has 3 heterocycles. The molecule has 32 heavy (non-hydrogen) atoms. The zero-order chi connectivity index (χ0) is 21.8.